The zero-order chi connectivity index (χ0) is 11.9. The van der Waals surface area contributed by atoms with E-state index in [1.54, 1.807) is 0 Å². The molecule has 17 heavy (non-hydrogen) atoms. The number of nitrogens with one attached hydrogen (secondary N) is 1. The average molecular weight is 229 g/mol. The highest BCUT2D eigenvalue weighted by molar-refractivity contribution is 5.45. The first-order chi connectivity index (χ1) is 8.38. The molecule has 1 N–H and O–H groups in total. The zero-order valence-electron chi connectivity index (χ0n) is 10.3. The number of unbranched alkanes of at least 4 members (excludes halogenated alkanes) is 1. The van der Waals surface area contributed by atoms with Gasteiger partial charge in [-0.3, -0.25) is 0 Å². The summed E-state index contributed by atoms with van der Waals surface area (Å²) in [7, 11) is 0. The van der Waals surface area contributed by atoms with Gasteiger partial charge in [0.2, 0.25) is 0 Å². The van der Waals surface area contributed by atoms with Gasteiger partial charge in [0.25, 0.3) is 0 Å². The molecule has 0 bridgehead atoms. The van der Waals surface area contributed by atoms with Crippen LogP contribution >= 0.6 is 0 Å². The van der Waals surface area contributed by atoms with Crippen molar-refractivity contribution < 1.29 is 0 Å². The van der Waals surface area contributed by atoms with Gasteiger partial charge in [-0.1, -0.05) is 25.5 Å². The zero-order valence-corrected chi connectivity index (χ0v) is 10.3. The molecule has 0 aliphatic rings. The molecule has 2 aromatic rings. The highest BCUT2D eigenvalue weighted by Crippen LogP contribution is 2.12. The Morgan fingerprint density at radius 2 is 2.29 bits per heavy atom. The molecular weight excluding hydrogens is 210 g/mol. The van der Waals surface area contributed by atoms with Crippen molar-refractivity contribution in [1.82, 2.24) is 9.55 Å². The molecule has 2 rings (SSSR count). The van der Waals surface area contributed by atoms with E-state index in [4.69, 9.17) is 0 Å². The molecule has 1 heterocycles. The molecule has 3 nitrogen and oxygen atoms in total. The van der Waals surface area contributed by atoms with E-state index < -0.39 is 0 Å². The van der Waals surface area contributed by atoms with Gasteiger partial charge in [-0.15, -0.1) is 0 Å². The summed E-state index contributed by atoms with van der Waals surface area (Å²) in [5, 5.41) is 3.44. The Labute approximate surface area is 103 Å². The molecule has 0 saturated heterocycles. The molecule has 0 aliphatic heterocycles. The van der Waals surface area contributed by atoms with Gasteiger partial charge >= 0.3 is 0 Å². The second-order valence-electron chi connectivity index (χ2n) is 4.22. The third kappa shape index (κ3) is 3.63. The van der Waals surface area contributed by atoms with Gasteiger partial charge in [-0.25, -0.2) is 4.98 Å². The summed E-state index contributed by atoms with van der Waals surface area (Å²) in [6, 6.07) is 8.56. The van der Waals surface area contributed by atoms with Crippen molar-refractivity contribution in [1.29, 1.82) is 0 Å². The molecule has 1 aromatic heterocycles. The van der Waals surface area contributed by atoms with Crippen LogP contribution in [-0.2, 0) is 6.54 Å². The van der Waals surface area contributed by atoms with E-state index in [2.05, 4.69) is 46.1 Å². The van der Waals surface area contributed by atoms with E-state index >= 15 is 0 Å². The number of imidazole rings is 1. The van der Waals surface area contributed by atoms with Crippen LogP contribution in [0, 0.1) is 0 Å². The summed E-state index contributed by atoms with van der Waals surface area (Å²) in [4.78, 5) is 4.05. The van der Waals surface area contributed by atoms with Gasteiger partial charge in [0.05, 0.1) is 6.33 Å². The maximum absolute atomic E-state index is 4.05. The Morgan fingerprint density at radius 1 is 1.35 bits per heavy atom. The maximum Gasteiger partial charge on any atom is 0.0949 e. The van der Waals surface area contributed by atoms with Crippen LogP contribution < -0.4 is 5.32 Å². The number of hydrogen-bond acceptors (Lipinski definition) is 2. The van der Waals surface area contributed by atoms with Crippen molar-refractivity contribution in [3.05, 3.63) is 48.5 Å². The first-order valence-electron chi connectivity index (χ1n) is 6.17. The third-order valence-corrected chi connectivity index (χ3v) is 2.71. The fourth-order valence-electron chi connectivity index (χ4n) is 1.78. The van der Waals surface area contributed by atoms with Crippen LogP contribution in [0.25, 0.3) is 0 Å². The van der Waals surface area contributed by atoms with E-state index in [0.717, 1.165) is 13.1 Å². The lowest BCUT2D eigenvalue weighted by molar-refractivity contribution is 0.796. The van der Waals surface area contributed by atoms with E-state index in [0.29, 0.717) is 0 Å². The van der Waals surface area contributed by atoms with Crippen molar-refractivity contribution in [2.45, 2.75) is 26.3 Å². The van der Waals surface area contributed by atoms with Gasteiger partial charge in [0.1, 0.15) is 0 Å². The monoisotopic (exact) mass is 229 g/mol. The Bertz CT molecular complexity index is 434. The van der Waals surface area contributed by atoms with E-state index in [1.807, 2.05) is 18.7 Å². The van der Waals surface area contributed by atoms with Crippen molar-refractivity contribution in [2.75, 3.05) is 11.9 Å². The smallest absolute Gasteiger partial charge is 0.0949 e. The summed E-state index contributed by atoms with van der Waals surface area (Å²) in [5.41, 5.74) is 2.50. The van der Waals surface area contributed by atoms with Crippen LogP contribution in [0.5, 0.6) is 0 Å². The predicted molar refractivity (Wildman–Crippen MR) is 71.2 cm³/mol. The first-order valence-corrected chi connectivity index (χ1v) is 6.17. The van der Waals surface area contributed by atoms with E-state index in [-0.39, 0.29) is 0 Å². The molecule has 3 heteroatoms. The van der Waals surface area contributed by atoms with Gasteiger partial charge in [-0.2, -0.15) is 0 Å². The lowest BCUT2D eigenvalue weighted by Gasteiger charge is -2.08. The highest BCUT2D eigenvalue weighted by atomic mass is 15.0. The number of hydrogen-bond donors (Lipinski definition) is 1. The minimum Gasteiger partial charge on any atom is -0.385 e. The molecule has 90 valence electrons. The van der Waals surface area contributed by atoms with Crippen LogP contribution in [0.1, 0.15) is 25.3 Å². The minimum atomic E-state index is 0.878. The number of anilines is 1. The lowest BCUT2D eigenvalue weighted by atomic mass is 10.2. The van der Waals surface area contributed by atoms with Crippen LogP contribution in [0.15, 0.2) is 43.0 Å². The molecule has 0 amide bonds. The summed E-state index contributed by atoms with van der Waals surface area (Å²) >= 11 is 0. The second kappa shape index (κ2) is 6.09. The standard InChI is InChI=1S/C14H19N3/c1-2-3-7-16-14-6-4-5-13(10-14)11-17-9-8-15-12-17/h4-6,8-10,12,16H,2-3,7,11H2,1H3. The molecule has 0 fully saturated rings. The fraction of sp³-hybridized carbons (Fsp3) is 0.357. The highest BCUT2D eigenvalue weighted by Gasteiger charge is 1.96. The number of benzene rings is 1. The number of aromatic nitrogens is 2. The van der Waals surface area contributed by atoms with Crippen molar-refractivity contribution in [2.24, 2.45) is 0 Å². The average Bonchev–Trinajstić information content (AvgIpc) is 2.83. The predicted octanol–water partition coefficient (Wildman–Crippen LogP) is 3.14. The summed E-state index contributed by atoms with van der Waals surface area (Å²) in [6.45, 7) is 4.13. The first kappa shape index (κ1) is 11.7. The van der Waals surface area contributed by atoms with E-state index in [9.17, 15) is 0 Å². The third-order valence-electron chi connectivity index (χ3n) is 2.71. The van der Waals surface area contributed by atoms with Crippen LogP contribution in [-0.4, -0.2) is 16.1 Å². The topological polar surface area (TPSA) is 29.9 Å². The normalized spacial score (nSPS) is 10.4. The molecule has 1 aromatic carbocycles. The lowest BCUT2D eigenvalue weighted by Crippen LogP contribution is -2.02. The van der Waals surface area contributed by atoms with Crippen LogP contribution in [0.3, 0.4) is 0 Å². The number of rotatable bonds is 6. The Balaban J connectivity index is 1.96. The van der Waals surface area contributed by atoms with Gasteiger partial charge < -0.3 is 9.88 Å². The molecule has 0 saturated carbocycles. The Morgan fingerprint density at radius 3 is 3.06 bits per heavy atom. The SMILES string of the molecule is CCCCNc1cccc(Cn2ccnc2)c1. The molecule has 0 aliphatic carbocycles. The Hall–Kier alpha value is -1.77. The quantitative estimate of drug-likeness (QED) is 0.771. The molecule has 0 unspecified atom stereocenters. The number of nitrogens with zero attached hydrogens (tertiary/aromatic N) is 2. The molecule has 0 spiro atoms. The summed E-state index contributed by atoms with van der Waals surface area (Å²) in [5.74, 6) is 0. The Kier molecular flexibility index (Phi) is 4.19. The van der Waals surface area contributed by atoms with E-state index in [1.165, 1.54) is 24.1 Å². The largest absolute Gasteiger partial charge is 0.385 e. The van der Waals surface area contributed by atoms with Crippen molar-refractivity contribution in [3.8, 4) is 0 Å². The fourth-order valence-corrected chi connectivity index (χ4v) is 1.78. The van der Waals surface area contributed by atoms with Gasteiger partial charge in [-0.05, 0) is 24.1 Å². The molecule has 0 atom stereocenters. The van der Waals surface area contributed by atoms with Gasteiger partial charge in [0, 0.05) is 31.2 Å². The summed E-state index contributed by atoms with van der Waals surface area (Å²) in [6.07, 6.45) is 8.07. The van der Waals surface area contributed by atoms with Gasteiger partial charge in [0.15, 0.2) is 0 Å². The molecule has 0 radical (unpaired) electrons. The minimum absolute atomic E-state index is 0.878. The maximum atomic E-state index is 4.05. The van der Waals surface area contributed by atoms with Crippen LogP contribution in [0.4, 0.5) is 5.69 Å². The van der Waals surface area contributed by atoms with Crippen molar-refractivity contribution in [3.63, 3.8) is 0 Å². The molecular formula is C14H19N3. The van der Waals surface area contributed by atoms with Crippen molar-refractivity contribution >= 4 is 5.69 Å². The second-order valence-corrected chi connectivity index (χ2v) is 4.22. The summed E-state index contributed by atoms with van der Waals surface area (Å²) < 4.78 is 2.07. The van der Waals surface area contributed by atoms with Crippen LogP contribution in [0.2, 0.25) is 0 Å².